The number of benzene rings is 1. The first-order chi connectivity index (χ1) is 19.3. The summed E-state index contributed by atoms with van der Waals surface area (Å²) in [7, 11) is 0. The smallest absolute Gasteiger partial charge is 0.252 e. The lowest BCUT2D eigenvalue weighted by Gasteiger charge is -2.53. The molecule has 1 heterocycles. The van der Waals surface area contributed by atoms with Gasteiger partial charge in [0.1, 0.15) is 5.60 Å². The zero-order chi connectivity index (χ0) is 29.0. The molecule has 5 atom stereocenters. The molecular weight excluding hydrogens is 508 g/mol. The van der Waals surface area contributed by atoms with Crippen LogP contribution in [0.25, 0.3) is 0 Å². The maximum atomic E-state index is 12.4. The Morgan fingerprint density at radius 1 is 0.927 bits per heavy atom. The predicted octanol–water partition coefficient (Wildman–Crippen LogP) is 8.04. The van der Waals surface area contributed by atoms with Crippen molar-refractivity contribution in [2.75, 3.05) is 0 Å². The molecule has 1 aliphatic heterocycles. The fourth-order valence-corrected chi connectivity index (χ4v) is 10.8. The monoisotopic (exact) mass is 554 g/mol. The lowest BCUT2D eigenvalue weighted by molar-refractivity contribution is -0.165. The molecule has 41 heavy (non-hydrogen) atoms. The Hall–Kier alpha value is -2.51. The van der Waals surface area contributed by atoms with Crippen LogP contribution in [-0.2, 0) is 4.79 Å². The van der Waals surface area contributed by atoms with Crippen LogP contribution in [0.2, 0.25) is 0 Å². The Morgan fingerprint density at radius 3 is 2.39 bits per heavy atom. The van der Waals surface area contributed by atoms with Crippen molar-refractivity contribution < 1.29 is 19.4 Å². The van der Waals surface area contributed by atoms with Gasteiger partial charge in [-0.1, -0.05) is 52.2 Å². The summed E-state index contributed by atoms with van der Waals surface area (Å²) in [5.41, 5.74) is 4.45. The number of carbonyl (C=O) groups excluding carboxylic acids is 1. The highest BCUT2D eigenvalue weighted by Crippen LogP contribution is 2.67. The van der Waals surface area contributed by atoms with Gasteiger partial charge in [0.05, 0.1) is 0 Å². The van der Waals surface area contributed by atoms with Crippen molar-refractivity contribution in [2.45, 2.75) is 123 Å². The third kappa shape index (κ3) is 4.16. The minimum Gasteiger partial charge on any atom is -0.448 e. The van der Waals surface area contributed by atoms with E-state index >= 15 is 0 Å². The number of hydrogen-bond acceptors (Lipinski definition) is 4. The topological polar surface area (TPSA) is 55.8 Å². The van der Waals surface area contributed by atoms with Crippen molar-refractivity contribution >= 4 is 5.78 Å². The fourth-order valence-electron chi connectivity index (χ4n) is 10.8. The van der Waals surface area contributed by atoms with E-state index in [4.69, 9.17) is 9.47 Å². The molecule has 7 rings (SSSR count). The summed E-state index contributed by atoms with van der Waals surface area (Å²) in [4.78, 5) is 12.4. The van der Waals surface area contributed by atoms with Crippen LogP contribution in [0.4, 0.5) is 0 Å². The van der Waals surface area contributed by atoms with E-state index in [0.717, 1.165) is 69.3 Å². The normalized spacial score (nSPS) is 37.5. The molecule has 1 N–H and O–H groups in total. The Bertz CT molecular complexity index is 1430. The second kappa shape index (κ2) is 8.76. The zero-order valence-corrected chi connectivity index (χ0v) is 25.8. The van der Waals surface area contributed by atoms with Gasteiger partial charge in [-0.2, -0.15) is 0 Å². The Balaban J connectivity index is 1.32. The molecule has 3 saturated carbocycles. The van der Waals surface area contributed by atoms with Crippen molar-refractivity contribution in [2.24, 2.45) is 28.1 Å². The molecule has 6 aliphatic rings. The first-order valence-corrected chi connectivity index (χ1v) is 15.9. The highest BCUT2D eigenvalue weighted by atomic mass is 16.7. The highest BCUT2D eigenvalue weighted by Gasteiger charge is 2.63. The third-order valence-electron chi connectivity index (χ3n) is 11.6. The molecule has 0 bridgehead atoms. The number of allylic oxidation sites excluding steroid dienone is 4. The maximum Gasteiger partial charge on any atom is 0.252 e. The summed E-state index contributed by atoms with van der Waals surface area (Å²) < 4.78 is 13.5. The van der Waals surface area contributed by atoms with E-state index in [-0.39, 0.29) is 27.9 Å². The first kappa shape index (κ1) is 27.3. The van der Waals surface area contributed by atoms with Crippen molar-refractivity contribution in [3.63, 3.8) is 0 Å². The van der Waals surface area contributed by atoms with E-state index in [1.165, 1.54) is 22.3 Å². The SMILES string of the molecule is CC#C[C@]1(O)CC[C@H]2[C@@H]3CCC4=CC(=O)CCC4=C3[C@@H](c3ccc4c(c3)OC3(CC(C)(C)CC(C)(C)C3)O4)C[C@@]21C. The number of carbonyl (C=O) groups is 1. The van der Waals surface area contributed by atoms with E-state index in [1.807, 2.05) is 13.0 Å². The van der Waals surface area contributed by atoms with Gasteiger partial charge in [0.15, 0.2) is 17.3 Å². The van der Waals surface area contributed by atoms with E-state index in [9.17, 15) is 9.90 Å². The standard InChI is InChI=1S/C37H46O4/c1-7-15-36(39)16-14-29-27-11-8-23-17-25(38)10-12-26(23)32(27)28(19-35(29,36)6)24-9-13-30-31(18-24)41-37(40-30)21-33(2,3)20-34(4,5)22-37/h9,13,17-18,27-29,39H,8,10-12,14,16,19-22H2,1-6H3/t27-,28+,29-,35-,36-/m0/s1. The van der Waals surface area contributed by atoms with Crippen LogP contribution in [-0.4, -0.2) is 22.3 Å². The molecule has 0 aromatic heterocycles. The average Bonchev–Trinajstić information content (AvgIpc) is 3.33. The van der Waals surface area contributed by atoms with Crippen molar-refractivity contribution in [3.05, 3.63) is 46.6 Å². The zero-order valence-electron chi connectivity index (χ0n) is 25.8. The lowest BCUT2D eigenvalue weighted by atomic mass is 9.51. The summed E-state index contributed by atoms with van der Waals surface area (Å²) in [5.74, 6) is 8.65. The number of rotatable bonds is 1. The van der Waals surface area contributed by atoms with Gasteiger partial charge in [-0.15, -0.1) is 5.92 Å². The van der Waals surface area contributed by atoms with Gasteiger partial charge >= 0.3 is 0 Å². The summed E-state index contributed by atoms with van der Waals surface area (Å²) in [6, 6.07) is 6.60. The van der Waals surface area contributed by atoms with E-state index < -0.39 is 11.4 Å². The van der Waals surface area contributed by atoms with Crippen LogP contribution in [0.15, 0.2) is 41.0 Å². The molecule has 1 aromatic carbocycles. The predicted molar refractivity (Wildman–Crippen MR) is 161 cm³/mol. The molecular formula is C37H46O4. The number of hydrogen-bond donors (Lipinski definition) is 1. The van der Waals surface area contributed by atoms with E-state index in [1.54, 1.807) is 0 Å². The van der Waals surface area contributed by atoms with E-state index in [0.29, 0.717) is 18.3 Å². The molecule has 0 radical (unpaired) electrons. The van der Waals surface area contributed by atoms with Gasteiger partial charge in [0, 0.05) is 30.6 Å². The van der Waals surface area contributed by atoms with Gasteiger partial charge in [-0.05, 0) is 109 Å². The number of ketones is 1. The van der Waals surface area contributed by atoms with Crippen LogP contribution < -0.4 is 9.47 Å². The largest absolute Gasteiger partial charge is 0.448 e. The molecule has 5 aliphatic carbocycles. The molecule has 0 amide bonds. The lowest BCUT2D eigenvalue weighted by Crippen LogP contribution is -2.51. The minimum atomic E-state index is -0.973. The Labute approximate surface area is 246 Å². The quantitative estimate of drug-likeness (QED) is 0.357. The van der Waals surface area contributed by atoms with Crippen LogP contribution in [0, 0.1) is 39.9 Å². The summed E-state index contributed by atoms with van der Waals surface area (Å²) >= 11 is 0. The Morgan fingerprint density at radius 2 is 1.66 bits per heavy atom. The van der Waals surface area contributed by atoms with E-state index in [2.05, 4.69) is 64.7 Å². The minimum absolute atomic E-state index is 0.135. The third-order valence-corrected chi connectivity index (χ3v) is 11.6. The second-order valence-electron chi connectivity index (χ2n) is 15.9. The highest BCUT2D eigenvalue weighted by molar-refractivity contribution is 5.93. The molecule has 4 nitrogen and oxygen atoms in total. The molecule has 1 aromatic rings. The van der Waals surface area contributed by atoms with Gasteiger partial charge < -0.3 is 14.6 Å². The second-order valence-corrected chi connectivity index (χ2v) is 15.9. The van der Waals surface area contributed by atoms with Gasteiger partial charge in [0.25, 0.3) is 5.79 Å². The molecule has 3 fully saturated rings. The molecule has 218 valence electrons. The van der Waals surface area contributed by atoms with Crippen molar-refractivity contribution in [3.8, 4) is 23.3 Å². The summed E-state index contributed by atoms with van der Waals surface area (Å²) in [6.07, 6.45) is 10.9. The molecule has 0 saturated heterocycles. The fraction of sp³-hybridized carbons (Fsp3) is 0.649. The Kier molecular flexibility index (Phi) is 5.84. The number of ether oxygens (including phenoxy) is 2. The molecule has 0 unspecified atom stereocenters. The van der Waals surface area contributed by atoms with Crippen LogP contribution >= 0.6 is 0 Å². The average molecular weight is 555 g/mol. The van der Waals surface area contributed by atoms with Gasteiger partial charge in [0.2, 0.25) is 0 Å². The van der Waals surface area contributed by atoms with Crippen molar-refractivity contribution in [1.29, 1.82) is 0 Å². The van der Waals surface area contributed by atoms with Gasteiger partial charge in [-0.3, -0.25) is 4.79 Å². The van der Waals surface area contributed by atoms with Crippen LogP contribution in [0.1, 0.15) is 117 Å². The van der Waals surface area contributed by atoms with Crippen molar-refractivity contribution in [1.82, 2.24) is 0 Å². The van der Waals surface area contributed by atoms with Gasteiger partial charge in [-0.25, -0.2) is 0 Å². The summed E-state index contributed by atoms with van der Waals surface area (Å²) in [5, 5.41) is 12.0. The maximum absolute atomic E-state index is 12.4. The first-order valence-electron chi connectivity index (χ1n) is 15.9. The number of fused-ring (bicyclic) bond motifs is 5. The summed E-state index contributed by atoms with van der Waals surface area (Å²) in [6.45, 7) is 13.5. The van der Waals surface area contributed by atoms with Crippen LogP contribution in [0.5, 0.6) is 11.5 Å². The van der Waals surface area contributed by atoms with Crippen LogP contribution in [0.3, 0.4) is 0 Å². The molecule has 4 heteroatoms. The number of aliphatic hydroxyl groups is 1. The molecule has 1 spiro atoms.